The second kappa shape index (κ2) is 4.93. The Morgan fingerprint density at radius 2 is 2.50 bits per heavy atom. The molecule has 0 radical (unpaired) electrons. The third kappa shape index (κ3) is 2.68. The summed E-state index contributed by atoms with van der Waals surface area (Å²) in [6, 6.07) is 4.20. The largest absolute Gasteiger partial charge is 0.490 e. The monoisotopic (exact) mass is 193 g/mol. The third-order valence-electron chi connectivity index (χ3n) is 2.21. The minimum absolute atomic E-state index is 0.406. The third-order valence-corrected chi connectivity index (χ3v) is 2.21. The summed E-state index contributed by atoms with van der Waals surface area (Å²) < 4.78 is 5.58. The highest BCUT2D eigenvalue weighted by molar-refractivity contribution is 5.15. The van der Waals surface area contributed by atoms with Gasteiger partial charge < -0.3 is 15.4 Å². The maximum absolute atomic E-state index is 5.58. The van der Waals surface area contributed by atoms with Crippen LogP contribution < -0.4 is 15.4 Å². The zero-order valence-electron chi connectivity index (χ0n) is 8.07. The quantitative estimate of drug-likeness (QED) is 0.710. The van der Waals surface area contributed by atoms with Crippen LogP contribution in [-0.4, -0.2) is 37.3 Å². The van der Waals surface area contributed by atoms with E-state index in [1.165, 1.54) is 0 Å². The molecular formula is C10H15N3O. The fourth-order valence-corrected chi connectivity index (χ4v) is 1.46. The molecule has 1 fully saturated rings. The Morgan fingerprint density at radius 3 is 3.21 bits per heavy atom. The Hall–Kier alpha value is -1.13. The zero-order chi connectivity index (χ0) is 9.64. The normalized spacial score (nSPS) is 21.9. The lowest BCUT2D eigenvalue weighted by atomic mass is 10.2. The van der Waals surface area contributed by atoms with Crippen molar-refractivity contribution < 1.29 is 4.74 Å². The minimum Gasteiger partial charge on any atom is -0.490 e. The summed E-state index contributed by atoms with van der Waals surface area (Å²) in [5.74, 6) is 0.833. The van der Waals surface area contributed by atoms with E-state index >= 15 is 0 Å². The van der Waals surface area contributed by atoms with Crippen LogP contribution >= 0.6 is 0 Å². The fraction of sp³-hybridized carbons (Fsp3) is 0.500. The lowest BCUT2D eigenvalue weighted by Crippen LogP contribution is -2.50. The molecule has 0 amide bonds. The zero-order valence-corrected chi connectivity index (χ0v) is 8.07. The lowest BCUT2D eigenvalue weighted by molar-refractivity contribution is 0.246. The number of nitrogens with one attached hydrogen (secondary N) is 2. The van der Waals surface area contributed by atoms with Gasteiger partial charge in [0.15, 0.2) is 0 Å². The van der Waals surface area contributed by atoms with E-state index in [2.05, 4.69) is 15.6 Å². The van der Waals surface area contributed by atoms with Gasteiger partial charge in [-0.05, 0) is 12.1 Å². The molecule has 0 aromatic carbocycles. The predicted octanol–water partition coefficient (Wildman–Crippen LogP) is 0.0218. The molecule has 1 aliphatic heterocycles. The summed E-state index contributed by atoms with van der Waals surface area (Å²) in [5, 5.41) is 6.69. The van der Waals surface area contributed by atoms with Gasteiger partial charge in [-0.15, -0.1) is 0 Å². The van der Waals surface area contributed by atoms with Crippen molar-refractivity contribution in [2.45, 2.75) is 6.04 Å². The first-order valence-electron chi connectivity index (χ1n) is 4.92. The van der Waals surface area contributed by atoms with Crippen LogP contribution in [0.1, 0.15) is 0 Å². The number of hydrogen-bond acceptors (Lipinski definition) is 4. The second-order valence-electron chi connectivity index (χ2n) is 3.35. The van der Waals surface area contributed by atoms with E-state index in [4.69, 9.17) is 4.74 Å². The Bertz CT molecular complexity index is 259. The fourth-order valence-electron chi connectivity index (χ4n) is 1.46. The van der Waals surface area contributed by atoms with E-state index < -0.39 is 0 Å². The first-order chi connectivity index (χ1) is 6.95. The molecule has 4 heteroatoms. The summed E-state index contributed by atoms with van der Waals surface area (Å²) >= 11 is 0. The molecule has 0 bridgehead atoms. The van der Waals surface area contributed by atoms with E-state index in [1.54, 1.807) is 12.4 Å². The van der Waals surface area contributed by atoms with E-state index in [1.807, 2.05) is 12.1 Å². The summed E-state index contributed by atoms with van der Waals surface area (Å²) in [4.78, 5) is 3.99. The topological polar surface area (TPSA) is 46.2 Å². The van der Waals surface area contributed by atoms with Gasteiger partial charge in [-0.25, -0.2) is 0 Å². The molecule has 1 atom stereocenters. The van der Waals surface area contributed by atoms with Crippen molar-refractivity contribution in [3.8, 4) is 5.75 Å². The molecule has 0 saturated carbocycles. The van der Waals surface area contributed by atoms with Crippen molar-refractivity contribution >= 4 is 0 Å². The van der Waals surface area contributed by atoms with Gasteiger partial charge in [-0.1, -0.05) is 0 Å². The summed E-state index contributed by atoms with van der Waals surface area (Å²) in [6.45, 7) is 3.73. The van der Waals surface area contributed by atoms with Gasteiger partial charge in [0.05, 0.1) is 12.2 Å². The summed E-state index contributed by atoms with van der Waals surface area (Å²) in [5.41, 5.74) is 0. The van der Waals surface area contributed by atoms with Crippen molar-refractivity contribution in [2.75, 3.05) is 26.2 Å². The van der Waals surface area contributed by atoms with Crippen molar-refractivity contribution in [1.29, 1.82) is 0 Å². The Kier molecular flexibility index (Phi) is 3.32. The van der Waals surface area contributed by atoms with Crippen LogP contribution in [0.5, 0.6) is 5.75 Å². The number of ether oxygens (including phenoxy) is 1. The molecule has 1 aromatic rings. The molecular weight excluding hydrogens is 178 g/mol. The van der Waals surface area contributed by atoms with Crippen LogP contribution in [-0.2, 0) is 0 Å². The molecule has 1 aromatic heterocycles. The molecule has 2 heterocycles. The maximum atomic E-state index is 5.58. The van der Waals surface area contributed by atoms with E-state index in [0.29, 0.717) is 12.6 Å². The number of pyridine rings is 1. The minimum atomic E-state index is 0.406. The average molecular weight is 193 g/mol. The molecule has 0 spiro atoms. The first kappa shape index (κ1) is 9.43. The standard InChI is InChI=1S/C10H15N3O/c1-2-10(7-11-3-1)14-8-9-6-12-4-5-13-9/h1-3,7,9,12-13H,4-6,8H2/t9-/m0/s1. The molecule has 2 rings (SSSR count). The first-order valence-corrected chi connectivity index (χ1v) is 4.92. The van der Waals surface area contributed by atoms with Crippen molar-refractivity contribution in [2.24, 2.45) is 0 Å². The summed E-state index contributed by atoms with van der Waals surface area (Å²) in [7, 11) is 0. The molecule has 4 nitrogen and oxygen atoms in total. The number of hydrogen-bond donors (Lipinski definition) is 2. The SMILES string of the molecule is c1cncc(OC[C@@H]2CNCCN2)c1. The second-order valence-corrected chi connectivity index (χ2v) is 3.35. The van der Waals surface area contributed by atoms with Crippen molar-refractivity contribution in [3.05, 3.63) is 24.5 Å². The van der Waals surface area contributed by atoms with E-state index in [0.717, 1.165) is 25.4 Å². The molecule has 1 aliphatic rings. The predicted molar refractivity (Wildman–Crippen MR) is 54.4 cm³/mol. The van der Waals surface area contributed by atoms with Crippen LogP contribution in [0.15, 0.2) is 24.5 Å². The highest BCUT2D eigenvalue weighted by Gasteiger charge is 2.11. The van der Waals surface area contributed by atoms with Crippen LogP contribution in [0.4, 0.5) is 0 Å². The van der Waals surface area contributed by atoms with Crippen LogP contribution in [0.2, 0.25) is 0 Å². The molecule has 76 valence electrons. The summed E-state index contributed by atoms with van der Waals surface area (Å²) in [6.07, 6.45) is 3.48. The number of rotatable bonds is 3. The van der Waals surface area contributed by atoms with Crippen molar-refractivity contribution in [3.63, 3.8) is 0 Å². The van der Waals surface area contributed by atoms with Crippen LogP contribution in [0, 0.1) is 0 Å². The van der Waals surface area contributed by atoms with Gasteiger partial charge in [0, 0.05) is 25.8 Å². The molecule has 2 N–H and O–H groups in total. The Labute approximate surface area is 83.7 Å². The smallest absolute Gasteiger partial charge is 0.137 e. The van der Waals surface area contributed by atoms with Gasteiger partial charge >= 0.3 is 0 Å². The van der Waals surface area contributed by atoms with Gasteiger partial charge in [0.2, 0.25) is 0 Å². The van der Waals surface area contributed by atoms with Crippen molar-refractivity contribution in [1.82, 2.24) is 15.6 Å². The van der Waals surface area contributed by atoms with Gasteiger partial charge in [-0.3, -0.25) is 4.98 Å². The Morgan fingerprint density at radius 1 is 1.50 bits per heavy atom. The van der Waals surface area contributed by atoms with Gasteiger partial charge in [0.1, 0.15) is 12.4 Å². The van der Waals surface area contributed by atoms with E-state index in [9.17, 15) is 0 Å². The van der Waals surface area contributed by atoms with Crippen LogP contribution in [0.25, 0.3) is 0 Å². The maximum Gasteiger partial charge on any atom is 0.137 e. The molecule has 14 heavy (non-hydrogen) atoms. The van der Waals surface area contributed by atoms with Crippen LogP contribution in [0.3, 0.4) is 0 Å². The number of aromatic nitrogens is 1. The van der Waals surface area contributed by atoms with E-state index in [-0.39, 0.29) is 0 Å². The number of nitrogens with zero attached hydrogens (tertiary/aromatic N) is 1. The van der Waals surface area contributed by atoms with Gasteiger partial charge in [0.25, 0.3) is 0 Å². The van der Waals surface area contributed by atoms with Gasteiger partial charge in [-0.2, -0.15) is 0 Å². The highest BCUT2D eigenvalue weighted by Crippen LogP contribution is 2.06. The lowest BCUT2D eigenvalue weighted by Gasteiger charge is -2.24. The average Bonchev–Trinajstić information content (AvgIpc) is 2.29. The number of piperazine rings is 1. The molecule has 0 aliphatic carbocycles. The highest BCUT2D eigenvalue weighted by atomic mass is 16.5. The Balaban J connectivity index is 1.76. The molecule has 1 saturated heterocycles. The molecule has 0 unspecified atom stereocenters.